The molecule has 3 aliphatic rings. The summed E-state index contributed by atoms with van der Waals surface area (Å²) >= 11 is 0. The van der Waals surface area contributed by atoms with Gasteiger partial charge in [-0.1, -0.05) is 12.8 Å². The van der Waals surface area contributed by atoms with Gasteiger partial charge in [-0.2, -0.15) is 9.05 Å². The quantitative estimate of drug-likeness (QED) is 0.217. The number of fused-ring (bicyclic) bond motifs is 2. The van der Waals surface area contributed by atoms with Crippen LogP contribution in [0.25, 0.3) is 0 Å². The first-order valence-corrected chi connectivity index (χ1v) is 11.5. The number of aromatic nitrogens is 2. The number of aliphatic hydroxyl groups is 1. The van der Waals surface area contributed by atoms with Crippen LogP contribution >= 0.6 is 7.82 Å². The first-order chi connectivity index (χ1) is 14.0. The van der Waals surface area contributed by atoms with Gasteiger partial charge in [0.25, 0.3) is 0 Å². The standard InChI is InChI=1S/C16H27BN6O5P/c17-29(25)26-7-10-13(28-29)12(24)16(27-10)23-9-22-11-14(20-8-21-15(11)23)19-6-4-2-1-3-5-18/h8,10,12-13,16,22,24-25H,1-7,9,18H2,(H,19,20,21)/q+1/t10?,12?,13-,16?,29?/m1/s1. The van der Waals surface area contributed by atoms with E-state index in [-0.39, 0.29) is 6.61 Å². The van der Waals surface area contributed by atoms with E-state index < -0.39 is 32.4 Å². The predicted octanol–water partition coefficient (Wildman–Crippen LogP) is -0.0634. The van der Waals surface area contributed by atoms with Crippen LogP contribution in [0.2, 0.25) is 0 Å². The van der Waals surface area contributed by atoms with Crippen LogP contribution in [0.3, 0.4) is 0 Å². The third-order valence-corrected chi connectivity index (χ3v) is 6.33. The van der Waals surface area contributed by atoms with E-state index in [1.165, 1.54) is 6.33 Å². The molecule has 29 heavy (non-hydrogen) atoms. The van der Waals surface area contributed by atoms with Gasteiger partial charge >= 0.3 is 15.4 Å². The molecule has 4 heterocycles. The van der Waals surface area contributed by atoms with Crippen molar-refractivity contribution >= 4 is 32.7 Å². The van der Waals surface area contributed by atoms with Crippen LogP contribution in [-0.4, -0.2) is 78.4 Å². The highest BCUT2D eigenvalue weighted by Crippen LogP contribution is 2.58. The summed E-state index contributed by atoms with van der Waals surface area (Å²) in [4.78, 5) is 20.4. The Morgan fingerprint density at radius 3 is 3.00 bits per heavy atom. The lowest BCUT2D eigenvalue weighted by atomic mass is 10.1. The molecule has 0 amide bonds. The summed E-state index contributed by atoms with van der Waals surface area (Å²) in [6.45, 7) is 1.98. The molecule has 0 saturated carbocycles. The second-order valence-corrected chi connectivity index (χ2v) is 8.94. The highest BCUT2D eigenvalue weighted by Gasteiger charge is 2.58. The summed E-state index contributed by atoms with van der Waals surface area (Å²) in [6, 6.07) is 0. The Balaban J connectivity index is 1.40. The third kappa shape index (κ3) is 4.43. The number of hydrogen-bond donors (Lipinski definition) is 5. The van der Waals surface area contributed by atoms with Crippen molar-refractivity contribution in [3.05, 3.63) is 6.33 Å². The Kier molecular flexibility index (Phi) is 6.40. The molecule has 4 unspecified atom stereocenters. The van der Waals surface area contributed by atoms with Gasteiger partial charge in [-0.15, -0.1) is 0 Å². The van der Waals surface area contributed by atoms with Gasteiger partial charge in [-0.3, -0.25) is 0 Å². The maximum atomic E-state index is 10.7. The maximum Gasteiger partial charge on any atom is 0.488 e. The zero-order chi connectivity index (χ0) is 20.4. The summed E-state index contributed by atoms with van der Waals surface area (Å²) in [7, 11) is 2.15. The number of ether oxygens (including phenoxy) is 1. The third-order valence-electron chi connectivity index (χ3n) is 5.26. The molecule has 13 heteroatoms. The summed E-state index contributed by atoms with van der Waals surface area (Å²) in [5, 5.41) is 17.3. The predicted molar refractivity (Wildman–Crippen MR) is 109 cm³/mol. The van der Waals surface area contributed by atoms with Crippen molar-refractivity contribution in [3.63, 3.8) is 0 Å². The largest absolute Gasteiger partial charge is 0.488 e. The van der Waals surface area contributed by atoms with Gasteiger partial charge in [0.1, 0.15) is 30.8 Å². The number of hydrogen-bond acceptors (Lipinski definition) is 11. The van der Waals surface area contributed by atoms with Crippen molar-refractivity contribution in [2.45, 2.75) is 50.2 Å². The van der Waals surface area contributed by atoms with E-state index >= 15 is 0 Å². The summed E-state index contributed by atoms with van der Waals surface area (Å²) in [6.07, 6.45) is 2.79. The molecule has 0 spiro atoms. The smallest absolute Gasteiger partial charge is 0.385 e. The van der Waals surface area contributed by atoms with E-state index in [1.807, 2.05) is 4.90 Å². The molecule has 6 N–H and O–H groups in total. The molecule has 4 rings (SSSR count). The highest BCUT2D eigenvalue weighted by atomic mass is 31.2. The van der Waals surface area contributed by atoms with Crippen LogP contribution in [-0.2, 0) is 13.8 Å². The van der Waals surface area contributed by atoms with Crippen molar-refractivity contribution in [1.82, 2.24) is 9.97 Å². The van der Waals surface area contributed by atoms with Gasteiger partial charge in [0, 0.05) is 6.54 Å². The van der Waals surface area contributed by atoms with E-state index in [0.29, 0.717) is 18.3 Å². The minimum absolute atomic E-state index is 0.0634. The van der Waals surface area contributed by atoms with Crippen molar-refractivity contribution < 1.29 is 23.8 Å². The van der Waals surface area contributed by atoms with Crippen LogP contribution < -0.4 is 21.3 Å². The van der Waals surface area contributed by atoms with E-state index in [4.69, 9.17) is 27.1 Å². The molecule has 11 nitrogen and oxygen atoms in total. The molecule has 1 aromatic rings. The summed E-state index contributed by atoms with van der Waals surface area (Å²) in [5.74, 6) is 1.34. The van der Waals surface area contributed by atoms with E-state index in [0.717, 1.165) is 44.5 Å². The Morgan fingerprint density at radius 2 is 2.17 bits per heavy atom. The van der Waals surface area contributed by atoms with Crippen LogP contribution in [0, 0.1) is 0 Å². The second kappa shape index (κ2) is 8.85. The van der Waals surface area contributed by atoms with E-state index in [9.17, 15) is 10.00 Å². The van der Waals surface area contributed by atoms with Gasteiger partial charge in [-0.25, -0.2) is 14.9 Å². The van der Waals surface area contributed by atoms with Gasteiger partial charge in [0.05, 0.1) is 6.67 Å². The molecule has 5 atom stereocenters. The number of nitrogens with two attached hydrogens (primary N) is 1. The Hall–Kier alpha value is -1.27. The number of unbranched alkanes of at least 4 members (excludes halogenated alkanes) is 3. The summed E-state index contributed by atoms with van der Waals surface area (Å²) < 4.78 is 16.4. The number of aliphatic hydroxyl groups excluding tert-OH is 1. The Labute approximate surface area is 171 Å². The molecule has 2 fully saturated rings. The molecule has 1 aromatic heterocycles. The Bertz CT molecular complexity index is 718. The fraction of sp³-hybridized carbons (Fsp3) is 0.750. The van der Waals surface area contributed by atoms with Gasteiger partial charge in [0.2, 0.25) is 0 Å². The number of nitrogens with one attached hydrogen (secondary N) is 2. The number of anilines is 3. The minimum Gasteiger partial charge on any atom is -0.385 e. The normalized spacial score (nSPS) is 33.3. The first-order valence-electron chi connectivity index (χ1n) is 9.86. The molecule has 0 bridgehead atoms. The zero-order valence-electron chi connectivity index (χ0n) is 16.1. The molecule has 158 valence electrons. The average molecular weight is 425 g/mol. The lowest BCUT2D eigenvalue weighted by Crippen LogP contribution is -2.45. The van der Waals surface area contributed by atoms with Crippen molar-refractivity contribution in [2.24, 2.45) is 5.73 Å². The number of nitrogens with zero attached hydrogens (tertiary/aromatic N) is 3. The molecule has 0 aromatic carbocycles. The minimum atomic E-state index is -3.42. The summed E-state index contributed by atoms with van der Waals surface area (Å²) in [5.41, 5.74) is 6.28. The van der Waals surface area contributed by atoms with Crippen LogP contribution in [0.1, 0.15) is 25.7 Å². The van der Waals surface area contributed by atoms with Gasteiger partial charge in [0.15, 0.2) is 24.0 Å². The fourth-order valence-corrected chi connectivity index (χ4v) is 4.83. The van der Waals surface area contributed by atoms with Crippen LogP contribution in [0.15, 0.2) is 6.33 Å². The molecule has 2 saturated heterocycles. The fourth-order valence-electron chi connectivity index (χ4n) is 3.80. The monoisotopic (exact) mass is 425 g/mol. The topological polar surface area (TPSA) is 147 Å². The van der Waals surface area contributed by atoms with Gasteiger partial charge < -0.3 is 31.1 Å². The molecule has 2 radical (unpaired) electrons. The zero-order valence-corrected chi connectivity index (χ0v) is 17.0. The van der Waals surface area contributed by atoms with Crippen molar-refractivity contribution in [3.8, 4) is 0 Å². The molecular formula is C16H27BN6O5P+. The number of rotatable bonds is 8. The maximum absolute atomic E-state index is 10.7. The van der Waals surface area contributed by atoms with E-state index in [2.05, 4.69) is 20.6 Å². The molecule has 3 aliphatic heterocycles. The Morgan fingerprint density at radius 1 is 1.34 bits per heavy atom. The van der Waals surface area contributed by atoms with Gasteiger partial charge in [-0.05, 0) is 19.4 Å². The highest BCUT2D eigenvalue weighted by molar-refractivity contribution is 7.85. The second-order valence-electron chi connectivity index (χ2n) is 7.34. The lowest BCUT2D eigenvalue weighted by molar-refractivity contribution is -0.0440. The van der Waals surface area contributed by atoms with Crippen LogP contribution in [0.5, 0.6) is 0 Å². The first kappa shape index (κ1) is 21.0. The average Bonchev–Trinajstić information content (AvgIpc) is 3.26. The lowest BCUT2D eigenvalue weighted by Gasteiger charge is -2.28. The SMILES string of the molecule is [B][P+]1(O)OCC2OC(N3CNc4c(NCCCCCCN)ncnc43)C(O)[C@@H]2O1. The van der Waals surface area contributed by atoms with Crippen molar-refractivity contribution in [2.75, 3.05) is 41.9 Å². The molecular weight excluding hydrogens is 398 g/mol. The molecule has 0 aliphatic carbocycles. The van der Waals surface area contributed by atoms with Crippen LogP contribution in [0.4, 0.5) is 17.3 Å². The van der Waals surface area contributed by atoms with E-state index in [1.54, 1.807) is 0 Å². The van der Waals surface area contributed by atoms with Crippen molar-refractivity contribution in [1.29, 1.82) is 0 Å².